The van der Waals surface area contributed by atoms with Crippen LogP contribution in [0.2, 0.25) is 0 Å². The predicted molar refractivity (Wildman–Crippen MR) is 86.6 cm³/mol. The summed E-state index contributed by atoms with van der Waals surface area (Å²) in [4.78, 5) is 35.3. The third-order valence-corrected chi connectivity index (χ3v) is 5.96. The number of hydrogen-bond donors (Lipinski definition) is 4. The fourth-order valence-corrected chi connectivity index (χ4v) is 5.38. The van der Waals surface area contributed by atoms with E-state index in [0.717, 1.165) is 19.3 Å². The summed E-state index contributed by atoms with van der Waals surface area (Å²) in [6, 6.07) is -1.11. The van der Waals surface area contributed by atoms with E-state index in [9.17, 15) is 14.4 Å². The van der Waals surface area contributed by atoms with Crippen molar-refractivity contribution >= 4 is 17.8 Å². The van der Waals surface area contributed by atoms with Crippen molar-refractivity contribution in [2.24, 2.45) is 28.9 Å². The average molecular weight is 337 g/mol. The normalized spacial score (nSPS) is 36.0. The molecule has 0 aromatic rings. The highest BCUT2D eigenvalue weighted by atomic mass is 16.4. The molecule has 0 aromatic carbocycles. The first-order valence-electron chi connectivity index (χ1n) is 8.86. The Bertz CT molecular complexity index is 513. The monoisotopic (exact) mass is 337 g/mol. The molecule has 0 heterocycles. The summed E-state index contributed by atoms with van der Waals surface area (Å²) in [7, 11) is 0. The lowest BCUT2D eigenvalue weighted by molar-refractivity contribution is -0.147. The van der Waals surface area contributed by atoms with Crippen LogP contribution in [0.5, 0.6) is 0 Å². The van der Waals surface area contributed by atoms with Gasteiger partial charge >= 0.3 is 5.97 Å². The molecule has 4 fully saturated rings. The molecule has 4 saturated carbocycles. The fourth-order valence-electron chi connectivity index (χ4n) is 5.38. The first kappa shape index (κ1) is 17.2. The van der Waals surface area contributed by atoms with Crippen molar-refractivity contribution in [3.63, 3.8) is 0 Å². The van der Waals surface area contributed by atoms with E-state index in [1.165, 1.54) is 19.3 Å². The molecule has 4 aliphatic carbocycles. The highest BCUT2D eigenvalue weighted by Gasteiger charge is 2.54. The SMILES string of the molecule is C[C@@H](NC(=O)[C@@H](N)CC(=O)O)NC(=O)C12CC3CC(CC(C3)C1)C2. The van der Waals surface area contributed by atoms with E-state index >= 15 is 0 Å². The number of carboxylic acids is 1. The number of nitrogens with one attached hydrogen (secondary N) is 2. The third-order valence-electron chi connectivity index (χ3n) is 5.96. The molecule has 7 heteroatoms. The summed E-state index contributed by atoms with van der Waals surface area (Å²) in [5, 5.41) is 14.2. The van der Waals surface area contributed by atoms with Crippen molar-refractivity contribution in [1.82, 2.24) is 10.6 Å². The van der Waals surface area contributed by atoms with E-state index in [0.29, 0.717) is 17.8 Å². The van der Waals surface area contributed by atoms with Gasteiger partial charge in [-0.1, -0.05) is 0 Å². The Kier molecular flexibility index (Phi) is 4.55. The zero-order chi connectivity index (χ0) is 17.5. The maximum Gasteiger partial charge on any atom is 0.305 e. The van der Waals surface area contributed by atoms with Crippen molar-refractivity contribution in [2.45, 2.75) is 64.1 Å². The van der Waals surface area contributed by atoms with Gasteiger partial charge in [-0.25, -0.2) is 0 Å². The van der Waals surface area contributed by atoms with Gasteiger partial charge in [-0.2, -0.15) is 0 Å². The van der Waals surface area contributed by atoms with Crippen molar-refractivity contribution in [3.8, 4) is 0 Å². The van der Waals surface area contributed by atoms with Gasteiger partial charge in [0.05, 0.1) is 24.0 Å². The molecule has 0 radical (unpaired) electrons. The smallest absolute Gasteiger partial charge is 0.305 e. The van der Waals surface area contributed by atoms with Crippen molar-refractivity contribution in [2.75, 3.05) is 0 Å². The minimum atomic E-state index is -1.12. The van der Waals surface area contributed by atoms with Crippen LogP contribution >= 0.6 is 0 Å². The van der Waals surface area contributed by atoms with Crippen molar-refractivity contribution in [3.05, 3.63) is 0 Å². The molecule has 2 atom stereocenters. The van der Waals surface area contributed by atoms with Crippen molar-refractivity contribution < 1.29 is 19.5 Å². The lowest BCUT2D eigenvalue weighted by atomic mass is 9.49. The zero-order valence-electron chi connectivity index (χ0n) is 14.1. The number of carbonyl (C=O) groups excluding carboxylic acids is 2. The van der Waals surface area contributed by atoms with E-state index < -0.39 is 30.5 Å². The Morgan fingerprint density at radius 2 is 1.58 bits per heavy atom. The molecule has 0 aromatic heterocycles. The largest absolute Gasteiger partial charge is 0.481 e. The number of hydrogen-bond acceptors (Lipinski definition) is 4. The number of carbonyl (C=O) groups is 3. The molecule has 4 rings (SSSR count). The number of nitrogens with two attached hydrogens (primary N) is 1. The number of amides is 2. The van der Waals surface area contributed by atoms with Crippen LogP contribution in [-0.2, 0) is 14.4 Å². The standard InChI is InChI=1S/C17H27N3O4/c1-9(19-15(23)13(18)5-14(21)22)20-16(24)17-6-10-2-11(7-17)4-12(3-10)8-17/h9-13H,2-8,18H2,1H3,(H,19,23)(H,20,24)(H,21,22)/t9-,10?,11?,12?,13-,17?/m0/s1. The molecular weight excluding hydrogens is 310 g/mol. The maximum absolute atomic E-state index is 12.8. The number of carboxylic acid groups (broad SMARTS) is 1. The van der Waals surface area contributed by atoms with Crippen LogP contribution in [-0.4, -0.2) is 35.1 Å². The lowest BCUT2D eigenvalue weighted by Gasteiger charge is -2.55. The van der Waals surface area contributed by atoms with Gasteiger partial charge in [-0.3, -0.25) is 14.4 Å². The Labute approximate surface area is 141 Å². The van der Waals surface area contributed by atoms with E-state index in [-0.39, 0.29) is 11.3 Å². The highest BCUT2D eigenvalue weighted by molar-refractivity contribution is 5.87. The van der Waals surface area contributed by atoms with Gasteiger partial charge in [-0.05, 0) is 63.2 Å². The van der Waals surface area contributed by atoms with E-state index in [1.54, 1.807) is 6.92 Å². The Morgan fingerprint density at radius 1 is 1.08 bits per heavy atom. The molecule has 0 unspecified atom stereocenters. The average Bonchev–Trinajstić information content (AvgIpc) is 2.44. The molecule has 2 amide bonds. The van der Waals surface area contributed by atoms with Gasteiger partial charge in [0.1, 0.15) is 0 Å². The summed E-state index contributed by atoms with van der Waals surface area (Å²) in [5.74, 6) is 0.377. The van der Waals surface area contributed by atoms with E-state index in [1.807, 2.05) is 0 Å². The summed E-state index contributed by atoms with van der Waals surface area (Å²) in [6.45, 7) is 1.68. The summed E-state index contributed by atoms with van der Waals surface area (Å²) >= 11 is 0. The third kappa shape index (κ3) is 3.41. The Hall–Kier alpha value is -1.63. The Balaban J connectivity index is 1.55. The van der Waals surface area contributed by atoms with Gasteiger partial charge in [0.25, 0.3) is 0 Å². The zero-order valence-corrected chi connectivity index (χ0v) is 14.1. The highest BCUT2D eigenvalue weighted by Crippen LogP contribution is 2.60. The van der Waals surface area contributed by atoms with Crippen LogP contribution in [0.15, 0.2) is 0 Å². The molecule has 24 heavy (non-hydrogen) atoms. The second kappa shape index (κ2) is 6.35. The quantitative estimate of drug-likeness (QED) is 0.528. The first-order chi connectivity index (χ1) is 11.3. The molecule has 0 spiro atoms. The summed E-state index contributed by atoms with van der Waals surface area (Å²) < 4.78 is 0. The minimum absolute atomic E-state index is 0.0289. The van der Waals surface area contributed by atoms with E-state index in [2.05, 4.69) is 10.6 Å². The molecule has 7 nitrogen and oxygen atoms in total. The summed E-state index contributed by atoms with van der Waals surface area (Å²) in [6.07, 6.45) is 5.70. The number of rotatable bonds is 6. The topological polar surface area (TPSA) is 122 Å². The lowest BCUT2D eigenvalue weighted by Crippen LogP contribution is -2.58. The minimum Gasteiger partial charge on any atom is -0.481 e. The van der Waals surface area contributed by atoms with Crippen LogP contribution in [0.25, 0.3) is 0 Å². The first-order valence-corrected chi connectivity index (χ1v) is 8.86. The van der Waals surface area contributed by atoms with Crippen LogP contribution in [0.3, 0.4) is 0 Å². The second-order valence-electron chi connectivity index (χ2n) is 8.11. The van der Waals surface area contributed by atoms with Crippen LogP contribution in [0.1, 0.15) is 51.9 Å². The van der Waals surface area contributed by atoms with Gasteiger partial charge in [0.15, 0.2) is 0 Å². The van der Waals surface area contributed by atoms with Gasteiger partial charge in [0.2, 0.25) is 11.8 Å². The Morgan fingerprint density at radius 3 is 2.04 bits per heavy atom. The fraction of sp³-hybridized carbons (Fsp3) is 0.824. The molecule has 5 N–H and O–H groups in total. The molecule has 4 bridgehead atoms. The molecule has 0 aliphatic heterocycles. The molecule has 0 saturated heterocycles. The number of aliphatic carboxylic acids is 1. The second-order valence-corrected chi connectivity index (χ2v) is 8.11. The maximum atomic E-state index is 12.8. The van der Waals surface area contributed by atoms with Gasteiger partial charge < -0.3 is 21.5 Å². The van der Waals surface area contributed by atoms with E-state index in [4.69, 9.17) is 10.8 Å². The molecule has 4 aliphatic rings. The molecule has 134 valence electrons. The van der Waals surface area contributed by atoms with Crippen LogP contribution < -0.4 is 16.4 Å². The van der Waals surface area contributed by atoms with Gasteiger partial charge in [0, 0.05) is 0 Å². The molecular formula is C17H27N3O4. The van der Waals surface area contributed by atoms with Gasteiger partial charge in [-0.15, -0.1) is 0 Å². The predicted octanol–water partition coefficient (Wildman–Crippen LogP) is 0.583. The summed E-state index contributed by atoms with van der Waals surface area (Å²) in [5.41, 5.74) is 5.27. The van der Waals surface area contributed by atoms with Crippen molar-refractivity contribution in [1.29, 1.82) is 0 Å². The van der Waals surface area contributed by atoms with Crippen LogP contribution in [0, 0.1) is 23.2 Å². The van der Waals surface area contributed by atoms with Crippen LogP contribution in [0.4, 0.5) is 0 Å².